The summed E-state index contributed by atoms with van der Waals surface area (Å²) < 4.78 is 2.05. The summed E-state index contributed by atoms with van der Waals surface area (Å²) in [5.41, 5.74) is 2.73. The Morgan fingerprint density at radius 2 is 2.20 bits per heavy atom. The molecule has 0 radical (unpaired) electrons. The lowest BCUT2D eigenvalue weighted by molar-refractivity contribution is 0.0683. The minimum atomic E-state index is 0.141. The second-order valence-electron chi connectivity index (χ2n) is 5.92. The fourth-order valence-electron chi connectivity index (χ4n) is 3.01. The number of likely N-dealkylation sites (tertiary alicyclic amines) is 1. The van der Waals surface area contributed by atoms with E-state index in [9.17, 15) is 4.79 Å². The number of nitrogens with zero attached hydrogens (tertiary/aromatic N) is 3. The van der Waals surface area contributed by atoms with Crippen molar-refractivity contribution in [3.05, 3.63) is 29.6 Å². The Labute approximate surface area is 119 Å². The molecule has 1 aromatic carbocycles. The number of imidazole rings is 1. The number of benzene rings is 1. The van der Waals surface area contributed by atoms with Gasteiger partial charge in [0.2, 0.25) is 0 Å². The molecule has 0 spiro atoms. The predicted molar refractivity (Wildman–Crippen MR) is 79.8 cm³/mol. The molecule has 2 heterocycles. The number of hydrogen-bond acceptors (Lipinski definition) is 2. The highest BCUT2D eigenvalue weighted by molar-refractivity contribution is 5.97. The minimum absolute atomic E-state index is 0.141. The fourth-order valence-corrected chi connectivity index (χ4v) is 3.01. The van der Waals surface area contributed by atoms with E-state index < -0.39 is 0 Å². The normalized spacial score (nSPS) is 19.6. The predicted octanol–water partition coefficient (Wildman–Crippen LogP) is 2.75. The van der Waals surface area contributed by atoms with Gasteiger partial charge in [0.25, 0.3) is 5.91 Å². The van der Waals surface area contributed by atoms with Gasteiger partial charge in [-0.05, 0) is 43.9 Å². The molecule has 2 aromatic rings. The highest BCUT2D eigenvalue weighted by Crippen LogP contribution is 2.21. The van der Waals surface area contributed by atoms with E-state index in [0.717, 1.165) is 41.9 Å². The van der Waals surface area contributed by atoms with Crippen LogP contribution in [0.3, 0.4) is 0 Å². The summed E-state index contributed by atoms with van der Waals surface area (Å²) in [7, 11) is 2.00. The van der Waals surface area contributed by atoms with Crippen molar-refractivity contribution in [1.29, 1.82) is 0 Å². The number of piperidine rings is 1. The van der Waals surface area contributed by atoms with Gasteiger partial charge in [0.15, 0.2) is 0 Å². The van der Waals surface area contributed by atoms with Gasteiger partial charge in [-0.1, -0.05) is 6.92 Å². The van der Waals surface area contributed by atoms with E-state index in [1.54, 1.807) is 0 Å². The number of hydrogen-bond donors (Lipinski definition) is 0. The number of carbonyl (C=O) groups is 1. The van der Waals surface area contributed by atoms with Crippen molar-refractivity contribution in [2.75, 3.05) is 13.1 Å². The van der Waals surface area contributed by atoms with Crippen LogP contribution in [0.2, 0.25) is 0 Å². The van der Waals surface area contributed by atoms with E-state index in [4.69, 9.17) is 0 Å². The van der Waals surface area contributed by atoms with E-state index in [1.165, 1.54) is 6.42 Å². The van der Waals surface area contributed by atoms with Crippen LogP contribution in [0, 0.1) is 12.8 Å². The molecule has 0 saturated carbocycles. The lowest BCUT2D eigenvalue weighted by Crippen LogP contribution is -2.39. The van der Waals surface area contributed by atoms with Crippen LogP contribution in [0.5, 0.6) is 0 Å². The van der Waals surface area contributed by atoms with Gasteiger partial charge in [-0.2, -0.15) is 0 Å². The zero-order valence-corrected chi connectivity index (χ0v) is 12.4. The van der Waals surface area contributed by atoms with Crippen LogP contribution in [0.15, 0.2) is 18.2 Å². The number of aryl methyl sites for hydroxylation is 2. The third-order valence-corrected chi connectivity index (χ3v) is 4.30. The summed E-state index contributed by atoms with van der Waals surface area (Å²) >= 11 is 0. The van der Waals surface area contributed by atoms with Gasteiger partial charge in [-0.3, -0.25) is 4.79 Å². The van der Waals surface area contributed by atoms with Crippen LogP contribution in [-0.4, -0.2) is 33.4 Å². The lowest BCUT2D eigenvalue weighted by atomic mass is 9.99. The quantitative estimate of drug-likeness (QED) is 0.800. The maximum atomic E-state index is 12.6. The first-order valence-corrected chi connectivity index (χ1v) is 7.28. The van der Waals surface area contributed by atoms with Gasteiger partial charge in [-0.25, -0.2) is 4.98 Å². The smallest absolute Gasteiger partial charge is 0.253 e. The van der Waals surface area contributed by atoms with Gasteiger partial charge < -0.3 is 9.47 Å². The standard InChI is InChI=1S/C16H21N3O/c1-11-5-4-8-19(10-11)16(20)13-6-7-15-14(9-13)17-12(2)18(15)3/h6-7,9,11H,4-5,8,10H2,1-3H3. The second-order valence-corrected chi connectivity index (χ2v) is 5.92. The minimum Gasteiger partial charge on any atom is -0.338 e. The molecule has 4 heteroatoms. The third kappa shape index (κ3) is 2.19. The summed E-state index contributed by atoms with van der Waals surface area (Å²) in [5.74, 6) is 1.71. The molecule has 0 aliphatic carbocycles. The topological polar surface area (TPSA) is 38.1 Å². The molecule has 20 heavy (non-hydrogen) atoms. The molecular weight excluding hydrogens is 250 g/mol. The Morgan fingerprint density at radius 3 is 2.95 bits per heavy atom. The van der Waals surface area contributed by atoms with Crippen LogP contribution in [-0.2, 0) is 7.05 Å². The van der Waals surface area contributed by atoms with E-state index in [2.05, 4.69) is 11.9 Å². The number of fused-ring (bicyclic) bond motifs is 1. The van der Waals surface area contributed by atoms with Gasteiger partial charge in [-0.15, -0.1) is 0 Å². The first kappa shape index (κ1) is 13.2. The molecule has 1 unspecified atom stereocenters. The second kappa shape index (κ2) is 4.93. The van der Waals surface area contributed by atoms with Crippen LogP contribution in [0.25, 0.3) is 11.0 Å². The molecule has 1 atom stereocenters. The molecule has 1 saturated heterocycles. The Hall–Kier alpha value is -1.84. The maximum absolute atomic E-state index is 12.6. The molecule has 1 amide bonds. The SMILES string of the molecule is Cc1nc2cc(C(=O)N3CCCC(C)C3)ccc2n1C. The van der Waals surface area contributed by atoms with E-state index in [1.807, 2.05) is 41.6 Å². The summed E-state index contributed by atoms with van der Waals surface area (Å²) in [5, 5.41) is 0. The number of rotatable bonds is 1. The van der Waals surface area contributed by atoms with Crippen LogP contribution in [0.4, 0.5) is 0 Å². The molecule has 106 valence electrons. The van der Waals surface area contributed by atoms with Gasteiger partial charge in [0.05, 0.1) is 11.0 Å². The van der Waals surface area contributed by atoms with Crippen molar-refractivity contribution in [1.82, 2.24) is 14.5 Å². The van der Waals surface area contributed by atoms with E-state index in [-0.39, 0.29) is 5.91 Å². The highest BCUT2D eigenvalue weighted by Gasteiger charge is 2.22. The Balaban J connectivity index is 1.91. The van der Waals surface area contributed by atoms with Crippen molar-refractivity contribution in [2.45, 2.75) is 26.7 Å². The largest absolute Gasteiger partial charge is 0.338 e. The molecule has 1 fully saturated rings. The highest BCUT2D eigenvalue weighted by atomic mass is 16.2. The molecule has 3 rings (SSSR count). The Morgan fingerprint density at radius 1 is 1.40 bits per heavy atom. The number of carbonyl (C=O) groups excluding carboxylic acids is 1. The molecule has 1 aliphatic heterocycles. The van der Waals surface area contributed by atoms with E-state index in [0.29, 0.717) is 5.92 Å². The average molecular weight is 271 g/mol. The zero-order chi connectivity index (χ0) is 14.3. The fraction of sp³-hybridized carbons (Fsp3) is 0.500. The summed E-state index contributed by atoms with van der Waals surface area (Å²) in [6.07, 6.45) is 2.33. The van der Waals surface area contributed by atoms with Gasteiger partial charge >= 0.3 is 0 Å². The first-order chi connectivity index (χ1) is 9.56. The molecule has 4 nitrogen and oxygen atoms in total. The summed E-state index contributed by atoms with van der Waals surface area (Å²) in [6, 6.07) is 5.84. The summed E-state index contributed by atoms with van der Waals surface area (Å²) in [4.78, 5) is 19.1. The number of amides is 1. The number of aromatic nitrogens is 2. The third-order valence-electron chi connectivity index (χ3n) is 4.30. The molecule has 0 N–H and O–H groups in total. The maximum Gasteiger partial charge on any atom is 0.253 e. The monoisotopic (exact) mass is 271 g/mol. The van der Waals surface area contributed by atoms with Crippen molar-refractivity contribution in [3.8, 4) is 0 Å². The molecular formula is C16H21N3O. The first-order valence-electron chi connectivity index (χ1n) is 7.28. The zero-order valence-electron chi connectivity index (χ0n) is 12.4. The van der Waals surface area contributed by atoms with E-state index >= 15 is 0 Å². The Bertz CT molecular complexity index is 659. The van der Waals surface area contributed by atoms with Crippen molar-refractivity contribution >= 4 is 16.9 Å². The average Bonchev–Trinajstić information content (AvgIpc) is 2.73. The van der Waals surface area contributed by atoms with Crippen LogP contribution >= 0.6 is 0 Å². The van der Waals surface area contributed by atoms with Crippen LogP contribution < -0.4 is 0 Å². The lowest BCUT2D eigenvalue weighted by Gasteiger charge is -2.31. The molecule has 0 bridgehead atoms. The van der Waals surface area contributed by atoms with Gasteiger partial charge in [0.1, 0.15) is 5.82 Å². The van der Waals surface area contributed by atoms with Crippen molar-refractivity contribution < 1.29 is 4.79 Å². The Kier molecular flexibility index (Phi) is 3.24. The van der Waals surface area contributed by atoms with Crippen LogP contribution in [0.1, 0.15) is 35.9 Å². The molecule has 1 aromatic heterocycles. The van der Waals surface area contributed by atoms with Crippen molar-refractivity contribution in [2.24, 2.45) is 13.0 Å². The molecule has 1 aliphatic rings. The van der Waals surface area contributed by atoms with Gasteiger partial charge in [0, 0.05) is 25.7 Å². The summed E-state index contributed by atoms with van der Waals surface area (Å²) in [6.45, 7) is 5.94. The van der Waals surface area contributed by atoms with Crippen molar-refractivity contribution in [3.63, 3.8) is 0 Å².